The number of fused-ring (bicyclic) bond motifs is 1. The molecule has 0 spiro atoms. The smallest absolute Gasteiger partial charge is 0.374 e. The van der Waals surface area contributed by atoms with Crippen LogP contribution in [0.25, 0.3) is 0 Å². The van der Waals surface area contributed by atoms with Gasteiger partial charge in [-0.1, -0.05) is 12.1 Å². The van der Waals surface area contributed by atoms with Gasteiger partial charge in [-0.15, -0.1) is 0 Å². The van der Waals surface area contributed by atoms with Crippen LogP contribution in [0.4, 0.5) is 9.59 Å². The van der Waals surface area contributed by atoms with E-state index in [0.717, 1.165) is 4.90 Å². The first-order valence-electron chi connectivity index (χ1n) is 5.64. The number of carbonyl (C=O) groups is 4. The SMILES string of the molecule is O=C(O)SC(=O)NCCN1C(=O)c2ccccc2C1=O. The lowest BCUT2D eigenvalue weighted by Crippen LogP contribution is -2.37. The zero-order valence-electron chi connectivity index (χ0n) is 10.2. The average Bonchev–Trinajstić information content (AvgIpc) is 2.63. The van der Waals surface area contributed by atoms with Crippen molar-refractivity contribution in [2.45, 2.75) is 0 Å². The summed E-state index contributed by atoms with van der Waals surface area (Å²) in [6, 6.07) is 6.46. The first kappa shape index (κ1) is 14.1. The number of carboxylic acid groups (broad SMARTS) is 1. The second-order valence-corrected chi connectivity index (χ2v) is 4.81. The highest BCUT2D eigenvalue weighted by Crippen LogP contribution is 2.21. The molecule has 0 unspecified atom stereocenters. The Balaban J connectivity index is 1.93. The van der Waals surface area contributed by atoms with Crippen molar-refractivity contribution in [3.05, 3.63) is 35.4 Å². The fraction of sp³-hybridized carbons (Fsp3) is 0.167. The van der Waals surface area contributed by atoms with Gasteiger partial charge in [0, 0.05) is 13.1 Å². The Hall–Kier alpha value is -2.35. The largest absolute Gasteiger partial charge is 0.473 e. The van der Waals surface area contributed by atoms with Gasteiger partial charge in [0.15, 0.2) is 0 Å². The molecule has 0 atom stereocenters. The zero-order chi connectivity index (χ0) is 14.7. The van der Waals surface area contributed by atoms with Crippen molar-refractivity contribution >= 4 is 34.1 Å². The molecule has 1 aromatic rings. The number of thioether (sulfide) groups is 1. The number of amides is 3. The number of carbonyl (C=O) groups excluding carboxylic acids is 3. The van der Waals surface area contributed by atoms with Crippen LogP contribution in [-0.4, -0.2) is 45.5 Å². The molecule has 2 N–H and O–H groups in total. The highest BCUT2D eigenvalue weighted by molar-refractivity contribution is 8.25. The van der Waals surface area contributed by atoms with E-state index in [9.17, 15) is 19.2 Å². The van der Waals surface area contributed by atoms with Gasteiger partial charge in [0.2, 0.25) is 0 Å². The lowest BCUT2D eigenvalue weighted by molar-refractivity contribution is 0.0656. The van der Waals surface area contributed by atoms with Gasteiger partial charge in [-0.3, -0.25) is 19.3 Å². The molecule has 8 heteroatoms. The molecule has 104 valence electrons. The number of rotatable bonds is 3. The van der Waals surface area contributed by atoms with Crippen molar-refractivity contribution < 1.29 is 24.3 Å². The first-order chi connectivity index (χ1) is 9.50. The van der Waals surface area contributed by atoms with Crippen molar-refractivity contribution in [2.75, 3.05) is 13.1 Å². The summed E-state index contributed by atoms with van der Waals surface area (Å²) >= 11 is 0.104. The summed E-state index contributed by atoms with van der Waals surface area (Å²) in [5.41, 5.74) is 0.674. The molecular weight excluding hydrogens is 284 g/mol. The molecule has 0 saturated carbocycles. The molecule has 1 aromatic carbocycles. The summed E-state index contributed by atoms with van der Waals surface area (Å²) in [6.45, 7) is 0.00283. The summed E-state index contributed by atoms with van der Waals surface area (Å²) in [5.74, 6) is -0.823. The Morgan fingerprint density at radius 3 is 2.20 bits per heavy atom. The van der Waals surface area contributed by atoms with Gasteiger partial charge < -0.3 is 10.4 Å². The summed E-state index contributed by atoms with van der Waals surface area (Å²) in [5, 5.41) is 8.63. The van der Waals surface area contributed by atoms with E-state index in [-0.39, 0.29) is 24.9 Å². The van der Waals surface area contributed by atoms with Gasteiger partial charge in [0.05, 0.1) is 22.9 Å². The first-order valence-corrected chi connectivity index (χ1v) is 6.46. The third kappa shape index (κ3) is 2.80. The third-order valence-electron chi connectivity index (χ3n) is 2.66. The number of hydrogen-bond donors (Lipinski definition) is 2. The van der Waals surface area contributed by atoms with Crippen LogP contribution in [0.3, 0.4) is 0 Å². The van der Waals surface area contributed by atoms with Crippen molar-refractivity contribution in [1.82, 2.24) is 10.2 Å². The maximum Gasteiger partial charge on any atom is 0.374 e. The molecule has 3 amide bonds. The lowest BCUT2D eigenvalue weighted by atomic mass is 10.1. The van der Waals surface area contributed by atoms with Crippen LogP contribution in [0.15, 0.2) is 24.3 Å². The number of benzene rings is 1. The van der Waals surface area contributed by atoms with Crippen molar-refractivity contribution in [2.24, 2.45) is 0 Å². The van der Waals surface area contributed by atoms with E-state index in [4.69, 9.17) is 5.11 Å². The van der Waals surface area contributed by atoms with E-state index in [2.05, 4.69) is 5.32 Å². The Morgan fingerprint density at radius 2 is 1.70 bits per heavy atom. The molecule has 1 aliphatic heterocycles. The third-order valence-corrected chi connectivity index (χ3v) is 3.17. The van der Waals surface area contributed by atoms with E-state index >= 15 is 0 Å². The van der Waals surface area contributed by atoms with Gasteiger partial charge in [-0.25, -0.2) is 4.79 Å². The molecule has 1 heterocycles. The minimum absolute atomic E-state index is 0.00172. The summed E-state index contributed by atoms with van der Waals surface area (Å²) < 4.78 is 0. The van der Waals surface area contributed by atoms with Crippen molar-refractivity contribution in [1.29, 1.82) is 0 Å². The number of hydrogen-bond acceptors (Lipinski definition) is 5. The van der Waals surface area contributed by atoms with Gasteiger partial charge in [-0.05, 0) is 12.1 Å². The Bertz CT molecular complexity index is 566. The summed E-state index contributed by atoms with van der Waals surface area (Å²) in [7, 11) is 0. The predicted molar refractivity (Wildman–Crippen MR) is 70.8 cm³/mol. The lowest BCUT2D eigenvalue weighted by Gasteiger charge is -2.13. The Labute approximate surface area is 117 Å². The monoisotopic (exact) mass is 294 g/mol. The number of imide groups is 1. The Morgan fingerprint density at radius 1 is 1.15 bits per heavy atom. The van der Waals surface area contributed by atoms with E-state index in [1.54, 1.807) is 24.3 Å². The molecule has 0 radical (unpaired) electrons. The molecule has 0 aliphatic carbocycles. The highest BCUT2D eigenvalue weighted by atomic mass is 32.2. The second kappa shape index (κ2) is 5.74. The van der Waals surface area contributed by atoms with E-state index in [1.165, 1.54) is 0 Å². The molecule has 20 heavy (non-hydrogen) atoms. The molecule has 0 fully saturated rings. The molecule has 2 rings (SSSR count). The fourth-order valence-corrected chi connectivity index (χ4v) is 2.16. The van der Waals surface area contributed by atoms with Crippen molar-refractivity contribution in [3.63, 3.8) is 0 Å². The van der Waals surface area contributed by atoms with Crippen LogP contribution < -0.4 is 5.32 Å². The van der Waals surface area contributed by atoms with Crippen LogP contribution in [0.1, 0.15) is 20.7 Å². The van der Waals surface area contributed by atoms with Crippen LogP contribution >= 0.6 is 11.8 Å². The highest BCUT2D eigenvalue weighted by Gasteiger charge is 2.34. The van der Waals surface area contributed by atoms with E-state index in [1.807, 2.05) is 0 Å². The van der Waals surface area contributed by atoms with Crippen LogP contribution in [-0.2, 0) is 0 Å². The standard InChI is InChI=1S/C12H10N2O5S/c15-9-7-3-1-2-4-8(7)10(16)14(9)6-5-13-11(17)20-12(18)19/h1-4H,5-6H2,(H,13,17)(H,18,19). The molecule has 7 nitrogen and oxygen atoms in total. The quantitative estimate of drug-likeness (QED) is 0.817. The van der Waals surface area contributed by atoms with Gasteiger partial charge >= 0.3 is 5.30 Å². The van der Waals surface area contributed by atoms with Gasteiger partial charge in [-0.2, -0.15) is 0 Å². The zero-order valence-corrected chi connectivity index (χ0v) is 11.0. The molecule has 0 aromatic heterocycles. The minimum atomic E-state index is -1.32. The number of nitrogens with one attached hydrogen (secondary N) is 1. The maximum atomic E-state index is 12.0. The fourth-order valence-electron chi connectivity index (χ4n) is 1.83. The summed E-state index contributed by atoms with van der Waals surface area (Å²) in [6.07, 6.45) is 0. The van der Waals surface area contributed by atoms with Crippen LogP contribution in [0, 0.1) is 0 Å². The normalized spacial score (nSPS) is 13.3. The molecular formula is C12H10N2O5S. The Kier molecular flexibility index (Phi) is 4.04. The maximum absolute atomic E-state index is 12.0. The number of nitrogens with zero attached hydrogens (tertiary/aromatic N) is 1. The average molecular weight is 294 g/mol. The molecule has 0 saturated heterocycles. The minimum Gasteiger partial charge on any atom is -0.473 e. The predicted octanol–water partition coefficient (Wildman–Crippen LogP) is 1.40. The van der Waals surface area contributed by atoms with Gasteiger partial charge in [0.25, 0.3) is 17.1 Å². The van der Waals surface area contributed by atoms with Gasteiger partial charge in [0.1, 0.15) is 0 Å². The van der Waals surface area contributed by atoms with E-state index < -0.39 is 22.4 Å². The van der Waals surface area contributed by atoms with Crippen LogP contribution in [0.2, 0.25) is 0 Å². The molecule has 1 aliphatic rings. The topological polar surface area (TPSA) is 104 Å². The van der Waals surface area contributed by atoms with Crippen molar-refractivity contribution in [3.8, 4) is 0 Å². The van der Waals surface area contributed by atoms with Crippen LogP contribution in [0.5, 0.6) is 0 Å². The molecule has 0 bridgehead atoms. The van der Waals surface area contributed by atoms with E-state index in [0.29, 0.717) is 11.1 Å². The summed E-state index contributed by atoms with van der Waals surface area (Å²) in [4.78, 5) is 46.3. The second-order valence-electron chi connectivity index (χ2n) is 3.89.